The van der Waals surface area contributed by atoms with Gasteiger partial charge in [-0.2, -0.15) is 4.98 Å². The molecule has 246 valence electrons. The van der Waals surface area contributed by atoms with Crippen molar-refractivity contribution in [3.05, 3.63) is 35.3 Å². The Morgan fingerprint density at radius 3 is 2.72 bits per heavy atom. The molecule has 0 aliphatic carbocycles. The van der Waals surface area contributed by atoms with E-state index in [0.29, 0.717) is 16.9 Å². The van der Waals surface area contributed by atoms with Gasteiger partial charge in [0.2, 0.25) is 5.95 Å². The summed E-state index contributed by atoms with van der Waals surface area (Å²) in [6, 6.07) is 1.59. The van der Waals surface area contributed by atoms with Gasteiger partial charge < -0.3 is 40.2 Å². The van der Waals surface area contributed by atoms with Gasteiger partial charge in [0.25, 0.3) is 5.56 Å². The topological polar surface area (TPSA) is 259 Å². The second-order valence-electron chi connectivity index (χ2n) is 10.6. The number of hydrogen-bond donors (Lipinski definition) is 6. The van der Waals surface area contributed by atoms with Crippen LogP contribution in [0.3, 0.4) is 0 Å². The normalized spacial score (nSPS) is 32.4. The van der Waals surface area contributed by atoms with Crippen LogP contribution in [-0.2, 0) is 44.2 Å². The lowest BCUT2D eigenvalue weighted by atomic mass is 10.0. The van der Waals surface area contributed by atoms with Crippen LogP contribution in [0, 0.1) is 0 Å². The number of aromatic amines is 1. The fraction of sp³-hybridized carbons (Fsp3) is 0.500. The molecular weight excluding hydrogens is 695 g/mol. The van der Waals surface area contributed by atoms with E-state index in [4.69, 9.17) is 51.1 Å². The number of nitrogen functional groups attached to an aromatic ring is 2. The molecule has 19 nitrogen and oxygen atoms in total. The summed E-state index contributed by atoms with van der Waals surface area (Å²) < 4.78 is 65.3. The summed E-state index contributed by atoms with van der Waals surface area (Å²) in [4.78, 5) is 42.4. The number of hydrogen-bond acceptors (Lipinski definition) is 16. The Labute approximate surface area is 267 Å². The van der Waals surface area contributed by atoms with Crippen molar-refractivity contribution in [2.45, 2.75) is 48.6 Å². The zero-order valence-corrected chi connectivity index (χ0v) is 26.6. The van der Waals surface area contributed by atoms with Crippen molar-refractivity contribution < 1.29 is 46.7 Å². The molecule has 3 aliphatic rings. The van der Waals surface area contributed by atoms with E-state index in [-0.39, 0.29) is 23.7 Å². The van der Waals surface area contributed by atoms with Gasteiger partial charge in [0.1, 0.15) is 36.1 Å². The van der Waals surface area contributed by atoms with Crippen molar-refractivity contribution in [2.75, 3.05) is 31.3 Å². The summed E-state index contributed by atoms with van der Waals surface area (Å²) >= 11 is 9.14. The lowest BCUT2D eigenvalue weighted by Crippen LogP contribution is -2.45. The third kappa shape index (κ3) is 5.31. The lowest BCUT2D eigenvalue weighted by Gasteiger charge is -2.32. The molecule has 0 spiro atoms. The number of alkyl halides is 1. The predicted octanol–water partition coefficient (Wildman–Crippen LogP) is 0.214. The number of fused-ring (bicyclic) bond motifs is 4. The van der Waals surface area contributed by atoms with E-state index in [1.807, 2.05) is 0 Å². The van der Waals surface area contributed by atoms with E-state index in [9.17, 15) is 19.4 Å². The largest absolute Gasteiger partial charge is 0.582 e. The van der Waals surface area contributed by atoms with Gasteiger partial charge in [-0.3, -0.25) is 23.4 Å². The van der Waals surface area contributed by atoms with Crippen molar-refractivity contribution in [2.24, 2.45) is 0 Å². The number of pyridine rings is 1. The van der Waals surface area contributed by atoms with Crippen molar-refractivity contribution in [3.8, 4) is 0 Å². The number of anilines is 2. The maximum atomic E-state index is 15.6. The minimum Gasteiger partial charge on any atom is -0.397 e. The van der Waals surface area contributed by atoms with Gasteiger partial charge in [-0.15, -0.1) is 4.52 Å². The minimum atomic E-state index is -4.36. The van der Waals surface area contributed by atoms with Crippen molar-refractivity contribution in [1.82, 2.24) is 34.1 Å². The Bertz CT molecular complexity index is 1950. The first kappa shape index (κ1) is 31.9. The predicted molar refractivity (Wildman–Crippen MR) is 162 cm³/mol. The first-order valence-electron chi connectivity index (χ1n) is 13.4. The van der Waals surface area contributed by atoms with Gasteiger partial charge in [-0.05, 0) is 22.4 Å². The van der Waals surface area contributed by atoms with E-state index in [1.54, 1.807) is 10.6 Å². The highest BCUT2D eigenvalue weighted by Crippen LogP contribution is 2.55. The molecular formula is C22H25FN9O10P2S2+. The zero-order chi connectivity index (χ0) is 32.5. The molecule has 0 aromatic carbocycles. The number of H-pyrrole nitrogens is 1. The van der Waals surface area contributed by atoms with Crippen LogP contribution in [0.1, 0.15) is 12.5 Å². The Kier molecular flexibility index (Phi) is 8.14. The van der Waals surface area contributed by atoms with E-state index in [0.717, 1.165) is 6.33 Å². The van der Waals surface area contributed by atoms with Crippen LogP contribution >= 0.6 is 26.2 Å². The lowest BCUT2D eigenvalue weighted by molar-refractivity contribution is -0.183. The number of imidazole rings is 2. The van der Waals surface area contributed by atoms with Crippen LogP contribution in [0.2, 0.25) is 0 Å². The van der Waals surface area contributed by atoms with Gasteiger partial charge in [-0.25, -0.2) is 19.3 Å². The number of ether oxygens (including phenoxy) is 3. The van der Waals surface area contributed by atoms with Gasteiger partial charge >= 0.3 is 13.9 Å². The number of nitrogens with zero attached hydrogens (tertiary/aromatic N) is 6. The minimum absolute atomic E-state index is 0.0691. The number of thiol groups is 1. The van der Waals surface area contributed by atoms with Crippen LogP contribution in [0.5, 0.6) is 0 Å². The average molecular weight is 721 g/mol. The second-order valence-corrected chi connectivity index (χ2v) is 15.1. The molecule has 7 heterocycles. The molecule has 7 N–H and O–H groups in total. The molecule has 24 heteroatoms. The first-order valence-corrected chi connectivity index (χ1v) is 18.3. The third-order valence-electron chi connectivity index (χ3n) is 7.84. The average Bonchev–Trinajstić information content (AvgIpc) is 3.81. The highest BCUT2D eigenvalue weighted by molar-refractivity contribution is 8.39. The number of nitrogens with one attached hydrogen (secondary N) is 1. The second kappa shape index (κ2) is 11.8. The van der Waals surface area contributed by atoms with Crippen LogP contribution in [-0.4, -0.2) is 100 Å². The van der Waals surface area contributed by atoms with Gasteiger partial charge in [0.15, 0.2) is 47.1 Å². The fourth-order valence-corrected chi connectivity index (χ4v) is 8.03. The quantitative estimate of drug-likeness (QED) is 0.0945. The molecule has 0 saturated carbocycles. The molecule has 2 unspecified atom stereocenters. The molecule has 4 aromatic rings. The molecule has 0 radical (unpaired) electrons. The van der Waals surface area contributed by atoms with Gasteiger partial charge in [0.05, 0.1) is 38.2 Å². The summed E-state index contributed by atoms with van der Waals surface area (Å²) in [6.45, 7) is -5.76. The van der Waals surface area contributed by atoms with Crippen LogP contribution in [0.4, 0.5) is 16.0 Å². The summed E-state index contributed by atoms with van der Waals surface area (Å²) in [5, 5.41) is 9.73. The van der Waals surface area contributed by atoms with E-state index in [1.165, 1.54) is 17.1 Å². The summed E-state index contributed by atoms with van der Waals surface area (Å²) in [7, 11) is -2.46. The molecule has 3 saturated heterocycles. The molecule has 46 heavy (non-hydrogen) atoms. The number of halogens is 1. The number of aromatic nitrogens is 7. The van der Waals surface area contributed by atoms with E-state index in [2.05, 4.69) is 37.2 Å². The molecule has 2 bridgehead atoms. The van der Waals surface area contributed by atoms with Crippen LogP contribution in [0.25, 0.3) is 22.3 Å². The third-order valence-corrected chi connectivity index (χ3v) is 10.1. The zero-order valence-electron chi connectivity index (χ0n) is 23.1. The Balaban J connectivity index is 1.14. The highest BCUT2D eigenvalue weighted by Gasteiger charge is 2.66. The van der Waals surface area contributed by atoms with Crippen LogP contribution in [0.15, 0.2) is 29.7 Å². The Morgan fingerprint density at radius 2 is 1.98 bits per heavy atom. The molecule has 0 amide bonds. The summed E-state index contributed by atoms with van der Waals surface area (Å²) in [5.41, 5.74) is 10.5. The Morgan fingerprint density at radius 1 is 1.24 bits per heavy atom. The number of aliphatic hydroxyl groups is 1. The monoisotopic (exact) mass is 720 g/mol. The van der Waals surface area contributed by atoms with E-state index < -0.39 is 81.4 Å². The van der Waals surface area contributed by atoms with Crippen molar-refractivity contribution in [1.29, 1.82) is 0 Å². The molecule has 4 aromatic heterocycles. The Hall–Kier alpha value is -2.72. The summed E-state index contributed by atoms with van der Waals surface area (Å²) in [6.07, 6.45) is -5.20. The van der Waals surface area contributed by atoms with Crippen LogP contribution < -0.4 is 17.0 Å². The molecule has 3 aliphatic heterocycles. The van der Waals surface area contributed by atoms with Crippen molar-refractivity contribution in [3.63, 3.8) is 0 Å². The maximum absolute atomic E-state index is 15.6. The standard InChI is InChI=1S/C22H24FN9O10P2S2/c23-10-9(3-33)39-19(32-7-28-12-17(32)29-21(25)30-18(12)34)13(10)42-44(36,46)38-5-22-4-37-14(15(22)41-43(35)45)20(40-22)31-6-27-11-8(24)1-2-26-16(11)31/h1-2,6-7,9-10,13-15,19-20,33H,3-5H2,(H6-,24,25,26,29,30,34,35,36,45,46)/p+1/t9-,10+,13-,14-,15+,19-,20-,22-,44?/m1/s1. The number of nitrogens with two attached hydrogens (primary N) is 2. The molecule has 7 rings (SSSR count). The first-order chi connectivity index (χ1) is 21.9. The maximum Gasteiger partial charge on any atom is 0.582 e. The molecule has 10 atom stereocenters. The fourth-order valence-electron chi connectivity index (χ4n) is 5.79. The highest BCUT2D eigenvalue weighted by atomic mass is 32.7. The number of aliphatic hydroxyl groups excluding tert-OH is 1. The van der Waals surface area contributed by atoms with E-state index >= 15 is 4.39 Å². The number of rotatable bonds is 10. The smallest absolute Gasteiger partial charge is 0.397 e. The van der Waals surface area contributed by atoms with Gasteiger partial charge in [-0.1, -0.05) is 0 Å². The summed E-state index contributed by atoms with van der Waals surface area (Å²) in [5.74, 6) is -0.241. The molecule has 3 fully saturated rings. The SMILES string of the molecule is Nc1nc2c(ncn2[C@@H]2O[C@H](CO)[C@H](F)[C@H]2OP(O)(=S)OC[C@@]23CO[C@@H]([C@H](n4cnc5c(N)ccnc54)O2)[C@@H]3O[P+](=O)S)c(=O)[nH]1. The van der Waals surface area contributed by atoms with Crippen molar-refractivity contribution >= 4 is 72.0 Å². The van der Waals surface area contributed by atoms with Gasteiger partial charge in [0, 0.05) is 6.20 Å².